The normalized spacial score (nSPS) is 10.8. The van der Waals surface area contributed by atoms with E-state index in [0.29, 0.717) is 5.78 Å². The fourth-order valence-corrected chi connectivity index (χ4v) is 1.94. The highest BCUT2D eigenvalue weighted by molar-refractivity contribution is 5.63. The van der Waals surface area contributed by atoms with Crippen molar-refractivity contribution in [3.8, 4) is 11.3 Å². The van der Waals surface area contributed by atoms with Gasteiger partial charge in [-0.2, -0.15) is 0 Å². The summed E-state index contributed by atoms with van der Waals surface area (Å²) in [6.07, 6.45) is 1.92. The van der Waals surface area contributed by atoms with Gasteiger partial charge in [-0.1, -0.05) is 30.3 Å². The second kappa shape index (κ2) is 4.12. The Labute approximate surface area is 104 Å². The molecule has 0 bridgehead atoms. The Hall–Kier alpha value is -2.40. The van der Waals surface area contributed by atoms with Gasteiger partial charge in [-0.3, -0.25) is 4.40 Å². The molecule has 1 aromatic carbocycles. The van der Waals surface area contributed by atoms with Gasteiger partial charge in [0.1, 0.15) is 5.82 Å². The molecular weight excluding hydrogens is 226 g/mol. The molecule has 2 heterocycles. The van der Waals surface area contributed by atoms with Crippen molar-refractivity contribution in [2.24, 2.45) is 5.84 Å². The van der Waals surface area contributed by atoms with E-state index in [9.17, 15) is 0 Å². The van der Waals surface area contributed by atoms with Crippen LogP contribution in [-0.2, 0) is 0 Å². The zero-order valence-corrected chi connectivity index (χ0v) is 9.96. The number of hydrogen-bond acceptors (Lipinski definition) is 4. The molecule has 3 aromatic rings. The zero-order valence-electron chi connectivity index (χ0n) is 9.96. The minimum Gasteiger partial charge on any atom is -0.309 e. The topological polar surface area (TPSA) is 68.2 Å². The van der Waals surface area contributed by atoms with Crippen LogP contribution in [0.1, 0.15) is 5.69 Å². The summed E-state index contributed by atoms with van der Waals surface area (Å²) in [6, 6.07) is 11.9. The second-order valence-electron chi connectivity index (χ2n) is 4.09. The molecule has 0 fully saturated rings. The number of aryl methyl sites for hydroxylation is 1. The molecule has 5 heteroatoms. The largest absolute Gasteiger partial charge is 0.309 e. The van der Waals surface area contributed by atoms with Crippen LogP contribution < -0.4 is 11.3 Å². The van der Waals surface area contributed by atoms with E-state index in [1.807, 2.05) is 53.9 Å². The van der Waals surface area contributed by atoms with Crippen molar-refractivity contribution >= 4 is 11.6 Å². The maximum Gasteiger partial charge on any atom is 0.236 e. The van der Waals surface area contributed by atoms with Crippen molar-refractivity contribution in [2.45, 2.75) is 6.92 Å². The van der Waals surface area contributed by atoms with Crippen molar-refractivity contribution in [3.63, 3.8) is 0 Å². The molecule has 90 valence electrons. The van der Waals surface area contributed by atoms with Gasteiger partial charge in [0.05, 0.1) is 5.69 Å². The molecule has 0 spiro atoms. The Morgan fingerprint density at radius 3 is 2.67 bits per heavy atom. The number of nitrogens with zero attached hydrogens (tertiary/aromatic N) is 3. The molecule has 5 nitrogen and oxygen atoms in total. The van der Waals surface area contributed by atoms with Crippen LogP contribution in [0.15, 0.2) is 42.6 Å². The molecule has 0 aliphatic heterocycles. The standard InChI is InChI=1S/C13H13N5/c1-9-7-12(17-14)18-8-11(16-13(18)15-9)10-5-3-2-4-6-10/h2-8,17H,14H2,1H3. The highest BCUT2D eigenvalue weighted by Crippen LogP contribution is 2.20. The van der Waals surface area contributed by atoms with E-state index in [0.717, 1.165) is 22.8 Å². The molecule has 3 N–H and O–H groups in total. The quantitative estimate of drug-likeness (QED) is 0.530. The summed E-state index contributed by atoms with van der Waals surface area (Å²) < 4.78 is 1.84. The molecule has 3 rings (SSSR count). The molecule has 0 unspecified atom stereocenters. The van der Waals surface area contributed by atoms with E-state index in [-0.39, 0.29) is 0 Å². The number of imidazole rings is 1. The van der Waals surface area contributed by atoms with Crippen LogP contribution in [0.25, 0.3) is 17.0 Å². The molecule has 0 atom stereocenters. The van der Waals surface area contributed by atoms with E-state index >= 15 is 0 Å². The van der Waals surface area contributed by atoms with Crippen LogP contribution in [-0.4, -0.2) is 14.4 Å². The average molecular weight is 239 g/mol. The minimum absolute atomic E-state index is 0.641. The lowest BCUT2D eigenvalue weighted by molar-refractivity contribution is 1.05. The summed E-state index contributed by atoms with van der Waals surface area (Å²) in [5.41, 5.74) is 5.47. The van der Waals surface area contributed by atoms with Gasteiger partial charge in [-0.05, 0) is 6.92 Å². The van der Waals surface area contributed by atoms with Gasteiger partial charge in [-0.25, -0.2) is 15.8 Å². The highest BCUT2D eigenvalue weighted by Gasteiger charge is 2.08. The van der Waals surface area contributed by atoms with Gasteiger partial charge in [-0.15, -0.1) is 0 Å². The fourth-order valence-electron chi connectivity index (χ4n) is 1.94. The Bertz CT molecular complexity index is 687. The summed E-state index contributed by atoms with van der Waals surface area (Å²) >= 11 is 0. The number of aromatic nitrogens is 3. The molecule has 0 aliphatic rings. The Morgan fingerprint density at radius 2 is 1.94 bits per heavy atom. The van der Waals surface area contributed by atoms with Crippen molar-refractivity contribution in [1.29, 1.82) is 0 Å². The Morgan fingerprint density at radius 1 is 1.17 bits per heavy atom. The number of nitrogens with two attached hydrogens (primary N) is 1. The zero-order chi connectivity index (χ0) is 12.5. The summed E-state index contributed by atoms with van der Waals surface area (Å²) in [5, 5.41) is 0. The third-order valence-corrected chi connectivity index (χ3v) is 2.79. The SMILES string of the molecule is Cc1cc(NN)n2cc(-c3ccccc3)nc2n1. The molecular formula is C13H13N5. The molecule has 0 saturated heterocycles. The van der Waals surface area contributed by atoms with Crippen LogP contribution >= 0.6 is 0 Å². The third kappa shape index (κ3) is 1.70. The van der Waals surface area contributed by atoms with Gasteiger partial charge in [0.2, 0.25) is 5.78 Å². The lowest BCUT2D eigenvalue weighted by atomic mass is 10.2. The number of anilines is 1. The van der Waals surface area contributed by atoms with Crippen molar-refractivity contribution in [1.82, 2.24) is 14.4 Å². The van der Waals surface area contributed by atoms with E-state index in [1.165, 1.54) is 0 Å². The number of nitrogen functional groups attached to an aromatic ring is 1. The smallest absolute Gasteiger partial charge is 0.236 e. The molecule has 0 amide bonds. The monoisotopic (exact) mass is 239 g/mol. The number of fused-ring (bicyclic) bond motifs is 1. The molecule has 18 heavy (non-hydrogen) atoms. The summed E-state index contributed by atoms with van der Waals surface area (Å²) in [7, 11) is 0. The van der Waals surface area contributed by atoms with Crippen LogP contribution in [0.4, 0.5) is 5.82 Å². The van der Waals surface area contributed by atoms with Gasteiger partial charge >= 0.3 is 0 Å². The number of hydrazine groups is 1. The molecule has 0 radical (unpaired) electrons. The highest BCUT2D eigenvalue weighted by atomic mass is 15.3. The van der Waals surface area contributed by atoms with Crippen molar-refractivity contribution in [3.05, 3.63) is 48.3 Å². The summed E-state index contributed by atoms with van der Waals surface area (Å²) in [4.78, 5) is 8.90. The maximum atomic E-state index is 5.51. The Balaban J connectivity index is 2.23. The van der Waals surface area contributed by atoms with Crippen LogP contribution in [0, 0.1) is 6.92 Å². The number of nitrogens with one attached hydrogen (secondary N) is 1. The first-order chi connectivity index (χ1) is 8.78. The van der Waals surface area contributed by atoms with Gasteiger partial charge in [0, 0.05) is 23.5 Å². The second-order valence-corrected chi connectivity index (χ2v) is 4.09. The lowest BCUT2D eigenvalue weighted by Crippen LogP contribution is -2.11. The number of benzene rings is 1. The van der Waals surface area contributed by atoms with Gasteiger partial charge in [0.25, 0.3) is 0 Å². The van der Waals surface area contributed by atoms with Crippen molar-refractivity contribution < 1.29 is 0 Å². The first kappa shape index (κ1) is 10.7. The van der Waals surface area contributed by atoms with E-state index < -0.39 is 0 Å². The van der Waals surface area contributed by atoms with Crippen molar-refractivity contribution in [2.75, 3.05) is 5.43 Å². The maximum absolute atomic E-state index is 5.51. The first-order valence-electron chi connectivity index (χ1n) is 5.67. The van der Waals surface area contributed by atoms with Crippen LogP contribution in [0.2, 0.25) is 0 Å². The molecule has 0 saturated carbocycles. The van der Waals surface area contributed by atoms with E-state index in [2.05, 4.69) is 15.4 Å². The van der Waals surface area contributed by atoms with Gasteiger partial charge in [0.15, 0.2) is 0 Å². The third-order valence-electron chi connectivity index (χ3n) is 2.79. The first-order valence-corrected chi connectivity index (χ1v) is 5.67. The number of hydrogen-bond donors (Lipinski definition) is 2. The average Bonchev–Trinajstić information content (AvgIpc) is 2.82. The molecule has 0 aliphatic carbocycles. The minimum atomic E-state index is 0.641. The molecule has 2 aromatic heterocycles. The van der Waals surface area contributed by atoms with E-state index in [4.69, 9.17) is 5.84 Å². The summed E-state index contributed by atoms with van der Waals surface area (Å²) in [5.74, 6) is 6.92. The lowest BCUT2D eigenvalue weighted by Gasteiger charge is -2.03. The Kier molecular flexibility index (Phi) is 2.46. The predicted octanol–water partition coefficient (Wildman–Crippen LogP) is 1.99. The predicted molar refractivity (Wildman–Crippen MR) is 71.0 cm³/mol. The summed E-state index contributed by atoms with van der Waals surface area (Å²) in [6.45, 7) is 1.91. The fraction of sp³-hybridized carbons (Fsp3) is 0.0769. The van der Waals surface area contributed by atoms with Crippen LogP contribution in [0.5, 0.6) is 0 Å². The number of rotatable bonds is 2. The van der Waals surface area contributed by atoms with Crippen LogP contribution in [0.3, 0.4) is 0 Å². The van der Waals surface area contributed by atoms with Gasteiger partial charge < -0.3 is 5.43 Å². The van der Waals surface area contributed by atoms with E-state index in [1.54, 1.807) is 0 Å².